The van der Waals surface area contributed by atoms with Gasteiger partial charge in [0.1, 0.15) is 6.54 Å². The summed E-state index contributed by atoms with van der Waals surface area (Å²) >= 11 is 0. The van der Waals surface area contributed by atoms with Crippen LogP contribution < -0.4 is 15.5 Å². The van der Waals surface area contributed by atoms with E-state index in [-0.39, 0.29) is 24.1 Å². The second-order valence-electron chi connectivity index (χ2n) is 7.76. The Morgan fingerprint density at radius 2 is 1.70 bits per heavy atom. The third-order valence-corrected chi connectivity index (χ3v) is 5.88. The topological polar surface area (TPSA) is 113 Å². The van der Waals surface area contributed by atoms with E-state index in [9.17, 15) is 22.8 Å². The third-order valence-electron chi connectivity index (χ3n) is 5.02. The zero-order valence-electron chi connectivity index (χ0n) is 17.7. The molecule has 4 rings (SSSR count). The number of benzene rings is 3. The van der Waals surface area contributed by atoms with E-state index in [0.717, 1.165) is 6.26 Å². The Balaban J connectivity index is 1.48. The summed E-state index contributed by atoms with van der Waals surface area (Å²) in [4.78, 5) is 39.0. The molecule has 0 radical (unpaired) electrons. The molecule has 33 heavy (non-hydrogen) atoms. The van der Waals surface area contributed by atoms with Crippen LogP contribution in [0.4, 0.5) is 17.1 Å². The Hall–Kier alpha value is -3.98. The second kappa shape index (κ2) is 8.87. The summed E-state index contributed by atoms with van der Waals surface area (Å²) in [5.74, 6) is -1.15. The summed E-state index contributed by atoms with van der Waals surface area (Å²) in [7, 11) is -3.22. The van der Waals surface area contributed by atoms with Crippen molar-refractivity contribution in [1.29, 1.82) is 0 Å². The van der Waals surface area contributed by atoms with Gasteiger partial charge in [-0.05, 0) is 54.1 Å². The summed E-state index contributed by atoms with van der Waals surface area (Å²) in [6.07, 6.45) is 1.14. The predicted octanol–water partition coefficient (Wildman–Crippen LogP) is 3.08. The fourth-order valence-corrected chi connectivity index (χ4v) is 4.36. The average molecular weight is 464 g/mol. The Morgan fingerprint density at radius 3 is 2.42 bits per heavy atom. The summed E-state index contributed by atoms with van der Waals surface area (Å²) in [5.41, 5.74) is 2.89. The Morgan fingerprint density at radius 1 is 0.970 bits per heavy atom. The number of sulfone groups is 1. The molecule has 3 aromatic rings. The second-order valence-corrected chi connectivity index (χ2v) is 9.90. The largest absolute Gasteiger partial charge is 0.323 e. The van der Waals surface area contributed by atoms with Crippen LogP contribution in [0.15, 0.2) is 72.8 Å². The van der Waals surface area contributed by atoms with Crippen LogP contribution in [-0.2, 0) is 20.4 Å². The van der Waals surface area contributed by atoms with Crippen molar-refractivity contribution in [3.8, 4) is 0 Å². The van der Waals surface area contributed by atoms with Gasteiger partial charge in [-0.1, -0.05) is 24.3 Å². The summed E-state index contributed by atoms with van der Waals surface area (Å²) < 4.78 is 23.0. The van der Waals surface area contributed by atoms with E-state index in [1.54, 1.807) is 66.7 Å². The molecule has 168 valence electrons. The first kappa shape index (κ1) is 22.2. The molecular weight excluding hydrogens is 442 g/mol. The van der Waals surface area contributed by atoms with Crippen molar-refractivity contribution in [2.75, 3.05) is 28.3 Å². The highest BCUT2D eigenvalue weighted by Crippen LogP contribution is 2.30. The number of nitrogens with zero attached hydrogens (tertiary/aromatic N) is 1. The molecule has 1 aliphatic rings. The highest BCUT2D eigenvalue weighted by atomic mass is 32.2. The number of nitrogens with one attached hydrogen (secondary N) is 2. The van der Waals surface area contributed by atoms with Gasteiger partial charge in [0.25, 0.3) is 11.8 Å². The Labute approximate surface area is 191 Å². The predicted molar refractivity (Wildman–Crippen MR) is 126 cm³/mol. The number of carbonyl (C=O) groups excluding carboxylic acids is 3. The standard InChI is InChI=1S/C24H21N3O5S/c1-33(31,32)15-16-5-4-6-18(13-16)23(29)25-19-11-9-17(10-12-19)24(30)27-14-22(28)26-20-7-2-3-8-21(20)27/h2-13H,14-15H2,1H3,(H,25,29)(H,26,28). The van der Waals surface area contributed by atoms with Crippen LogP contribution in [0.2, 0.25) is 0 Å². The lowest BCUT2D eigenvalue weighted by Crippen LogP contribution is -2.42. The maximum atomic E-state index is 13.0. The number of amides is 3. The molecule has 8 nitrogen and oxygen atoms in total. The van der Waals surface area contributed by atoms with Crippen molar-refractivity contribution in [1.82, 2.24) is 0 Å². The molecule has 0 saturated heterocycles. The minimum atomic E-state index is -3.22. The van der Waals surface area contributed by atoms with Crippen molar-refractivity contribution in [2.45, 2.75) is 5.75 Å². The number of hydrogen-bond acceptors (Lipinski definition) is 5. The monoisotopic (exact) mass is 463 g/mol. The Kier molecular flexibility index (Phi) is 5.97. The molecule has 0 atom stereocenters. The zero-order valence-corrected chi connectivity index (χ0v) is 18.6. The van der Waals surface area contributed by atoms with E-state index < -0.39 is 15.7 Å². The van der Waals surface area contributed by atoms with Gasteiger partial charge in [-0.25, -0.2) is 8.42 Å². The first-order chi connectivity index (χ1) is 15.7. The quantitative estimate of drug-likeness (QED) is 0.604. The van der Waals surface area contributed by atoms with E-state index in [1.165, 1.54) is 11.0 Å². The molecule has 1 heterocycles. The van der Waals surface area contributed by atoms with Gasteiger partial charge in [0.15, 0.2) is 9.84 Å². The average Bonchev–Trinajstić information content (AvgIpc) is 2.77. The lowest BCUT2D eigenvalue weighted by atomic mass is 10.1. The fraction of sp³-hybridized carbons (Fsp3) is 0.125. The van der Waals surface area contributed by atoms with Crippen molar-refractivity contribution >= 4 is 44.6 Å². The lowest BCUT2D eigenvalue weighted by Gasteiger charge is -2.29. The van der Waals surface area contributed by atoms with Gasteiger partial charge in [0.2, 0.25) is 5.91 Å². The SMILES string of the molecule is CS(=O)(=O)Cc1cccc(C(=O)Nc2ccc(C(=O)N3CC(=O)Nc4ccccc43)cc2)c1. The van der Waals surface area contributed by atoms with E-state index in [4.69, 9.17) is 0 Å². The lowest BCUT2D eigenvalue weighted by molar-refractivity contribution is -0.115. The smallest absolute Gasteiger partial charge is 0.258 e. The van der Waals surface area contributed by atoms with Crippen LogP contribution in [0.5, 0.6) is 0 Å². The first-order valence-electron chi connectivity index (χ1n) is 10.1. The molecule has 9 heteroatoms. The molecule has 0 aliphatic carbocycles. The molecule has 0 unspecified atom stereocenters. The van der Waals surface area contributed by atoms with Gasteiger partial charge in [-0.2, -0.15) is 0 Å². The normalized spacial score (nSPS) is 13.1. The van der Waals surface area contributed by atoms with Crippen LogP contribution in [0.25, 0.3) is 0 Å². The van der Waals surface area contributed by atoms with Crippen molar-refractivity contribution in [3.63, 3.8) is 0 Å². The van der Waals surface area contributed by atoms with E-state index in [2.05, 4.69) is 10.6 Å². The fourth-order valence-electron chi connectivity index (χ4n) is 3.57. The van der Waals surface area contributed by atoms with Crippen LogP contribution in [0, 0.1) is 0 Å². The Bertz CT molecular complexity index is 1350. The molecule has 0 bridgehead atoms. The zero-order chi connectivity index (χ0) is 23.6. The number of anilines is 3. The molecule has 0 saturated carbocycles. The first-order valence-corrected chi connectivity index (χ1v) is 12.1. The van der Waals surface area contributed by atoms with Crippen molar-refractivity contribution in [2.24, 2.45) is 0 Å². The minimum absolute atomic E-state index is 0.0852. The van der Waals surface area contributed by atoms with E-state index in [0.29, 0.717) is 33.8 Å². The molecule has 0 aromatic heterocycles. The number of para-hydroxylation sites is 2. The number of fused-ring (bicyclic) bond motifs is 1. The van der Waals surface area contributed by atoms with Gasteiger partial charge in [0, 0.05) is 23.1 Å². The molecule has 3 amide bonds. The maximum absolute atomic E-state index is 13.0. The number of carbonyl (C=O) groups is 3. The number of hydrogen-bond donors (Lipinski definition) is 2. The molecule has 3 aromatic carbocycles. The summed E-state index contributed by atoms with van der Waals surface area (Å²) in [6.45, 7) is -0.0852. The van der Waals surface area contributed by atoms with Crippen molar-refractivity contribution < 1.29 is 22.8 Å². The summed E-state index contributed by atoms with van der Waals surface area (Å²) in [5, 5.41) is 5.48. The van der Waals surface area contributed by atoms with E-state index in [1.807, 2.05) is 0 Å². The maximum Gasteiger partial charge on any atom is 0.258 e. The van der Waals surface area contributed by atoms with Crippen molar-refractivity contribution in [3.05, 3.63) is 89.5 Å². The van der Waals surface area contributed by atoms with Gasteiger partial charge < -0.3 is 10.6 Å². The van der Waals surface area contributed by atoms with Crippen LogP contribution in [0.1, 0.15) is 26.3 Å². The highest BCUT2D eigenvalue weighted by molar-refractivity contribution is 7.89. The molecule has 1 aliphatic heterocycles. The third kappa shape index (κ3) is 5.27. The minimum Gasteiger partial charge on any atom is -0.323 e. The molecule has 0 fully saturated rings. The van der Waals surface area contributed by atoms with Gasteiger partial charge in [0.05, 0.1) is 17.1 Å². The van der Waals surface area contributed by atoms with E-state index >= 15 is 0 Å². The molecule has 0 spiro atoms. The summed E-state index contributed by atoms with van der Waals surface area (Å²) in [6, 6.07) is 19.8. The van der Waals surface area contributed by atoms with Gasteiger partial charge in [-0.15, -0.1) is 0 Å². The van der Waals surface area contributed by atoms with Crippen LogP contribution in [0.3, 0.4) is 0 Å². The molecule has 2 N–H and O–H groups in total. The number of rotatable bonds is 5. The van der Waals surface area contributed by atoms with Crippen LogP contribution in [-0.4, -0.2) is 38.9 Å². The van der Waals surface area contributed by atoms with Gasteiger partial charge >= 0.3 is 0 Å². The van der Waals surface area contributed by atoms with Gasteiger partial charge in [-0.3, -0.25) is 19.3 Å². The highest BCUT2D eigenvalue weighted by Gasteiger charge is 2.27. The molecular formula is C24H21N3O5S. The van der Waals surface area contributed by atoms with Crippen LogP contribution >= 0.6 is 0 Å².